The first-order valence-corrected chi connectivity index (χ1v) is 8.51. The number of urea groups is 1. The molecular weight excluding hydrogens is 318 g/mol. The Labute approximate surface area is 147 Å². The van der Waals surface area contributed by atoms with Gasteiger partial charge in [-0.2, -0.15) is 0 Å². The van der Waals surface area contributed by atoms with Crippen LogP contribution in [0.3, 0.4) is 0 Å². The van der Waals surface area contributed by atoms with Gasteiger partial charge in [-0.15, -0.1) is 0 Å². The summed E-state index contributed by atoms with van der Waals surface area (Å²) >= 11 is 0. The molecule has 2 aromatic rings. The van der Waals surface area contributed by atoms with Crippen molar-refractivity contribution < 1.29 is 9.53 Å². The Balaban J connectivity index is 1.57. The van der Waals surface area contributed by atoms with Crippen molar-refractivity contribution >= 4 is 17.5 Å². The number of methoxy groups -OCH3 is 1. The summed E-state index contributed by atoms with van der Waals surface area (Å²) in [6.45, 7) is 2.32. The van der Waals surface area contributed by atoms with E-state index >= 15 is 0 Å². The number of amides is 2. The normalized spacial score (nSPS) is 14.0. The number of ether oxygens (including phenoxy) is 1. The molecule has 0 atom stereocenters. The number of hydrogen-bond acceptors (Lipinski definition) is 5. The minimum atomic E-state index is -0.323. The molecule has 1 saturated heterocycles. The van der Waals surface area contributed by atoms with Crippen molar-refractivity contribution in [2.45, 2.75) is 25.8 Å². The molecule has 1 aromatic carbocycles. The lowest BCUT2D eigenvalue weighted by atomic mass is 10.1. The third kappa shape index (κ3) is 4.59. The number of benzene rings is 1. The van der Waals surface area contributed by atoms with E-state index in [4.69, 9.17) is 4.74 Å². The van der Waals surface area contributed by atoms with Crippen LogP contribution < -0.4 is 20.3 Å². The topological polar surface area (TPSA) is 79.4 Å². The molecule has 1 aliphatic rings. The molecule has 3 rings (SSSR count). The van der Waals surface area contributed by atoms with Crippen LogP contribution in [0, 0.1) is 0 Å². The van der Waals surface area contributed by atoms with E-state index in [2.05, 4.69) is 25.5 Å². The van der Waals surface area contributed by atoms with Gasteiger partial charge in [0.05, 0.1) is 19.3 Å². The fraction of sp³-hybridized carbons (Fsp3) is 0.389. The fourth-order valence-electron chi connectivity index (χ4n) is 2.85. The minimum Gasteiger partial charge on any atom is -0.495 e. The summed E-state index contributed by atoms with van der Waals surface area (Å²) in [5, 5.41) is 5.55. The second-order valence-electron chi connectivity index (χ2n) is 5.89. The van der Waals surface area contributed by atoms with Crippen LogP contribution in [0.25, 0.3) is 0 Å². The number of carbonyl (C=O) groups excluding carboxylic acids is 1. The highest BCUT2D eigenvalue weighted by Crippen LogP contribution is 2.22. The monoisotopic (exact) mass is 341 g/mol. The van der Waals surface area contributed by atoms with Crippen molar-refractivity contribution in [2.24, 2.45) is 0 Å². The lowest BCUT2D eigenvalue weighted by Crippen LogP contribution is -2.31. The first-order valence-electron chi connectivity index (χ1n) is 8.51. The summed E-state index contributed by atoms with van der Waals surface area (Å²) < 4.78 is 5.22. The molecule has 132 valence electrons. The number of aromatic nitrogens is 2. The summed E-state index contributed by atoms with van der Waals surface area (Å²) in [6.07, 6.45) is 5.41. The summed E-state index contributed by atoms with van der Waals surface area (Å²) in [7, 11) is 1.57. The molecule has 0 radical (unpaired) electrons. The van der Waals surface area contributed by atoms with E-state index in [0.717, 1.165) is 18.9 Å². The Morgan fingerprint density at radius 3 is 2.80 bits per heavy atom. The smallest absolute Gasteiger partial charge is 0.319 e. The summed E-state index contributed by atoms with van der Waals surface area (Å²) in [5.74, 6) is 2.14. The minimum absolute atomic E-state index is 0.267. The van der Waals surface area contributed by atoms with Crippen molar-refractivity contribution in [3.63, 3.8) is 0 Å². The molecule has 0 saturated carbocycles. The molecular formula is C18H23N5O2. The molecule has 7 heteroatoms. The molecule has 1 fully saturated rings. The van der Waals surface area contributed by atoms with Crippen molar-refractivity contribution in [1.29, 1.82) is 0 Å². The van der Waals surface area contributed by atoms with E-state index in [9.17, 15) is 4.79 Å². The van der Waals surface area contributed by atoms with Crippen LogP contribution >= 0.6 is 0 Å². The van der Waals surface area contributed by atoms with E-state index in [-0.39, 0.29) is 12.6 Å². The standard InChI is InChI=1S/C18H23N5O2/c1-25-15-8-4-3-7-14(15)21-18(24)20-13-16-19-10-9-17(22-16)23-11-5-2-6-12-23/h3-4,7-10H,2,5-6,11-13H2,1H3,(H2,20,21,24). The zero-order valence-corrected chi connectivity index (χ0v) is 14.4. The van der Waals surface area contributed by atoms with Crippen LogP contribution in [0.5, 0.6) is 5.75 Å². The highest BCUT2D eigenvalue weighted by atomic mass is 16.5. The summed E-state index contributed by atoms with van der Waals surface area (Å²) in [4.78, 5) is 23.2. The predicted octanol–water partition coefficient (Wildman–Crippen LogP) is 2.80. The number of nitrogens with one attached hydrogen (secondary N) is 2. The van der Waals surface area contributed by atoms with Gasteiger partial charge in [-0.05, 0) is 37.5 Å². The lowest BCUT2D eigenvalue weighted by Gasteiger charge is -2.27. The van der Waals surface area contributed by atoms with Gasteiger partial charge in [-0.1, -0.05) is 12.1 Å². The van der Waals surface area contributed by atoms with Crippen molar-refractivity contribution in [1.82, 2.24) is 15.3 Å². The quantitative estimate of drug-likeness (QED) is 0.874. The highest BCUT2D eigenvalue weighted by Gasteiger charge is 2.13. The molecule has 0 bridgehead atoms. The van der Waals surface area contributed by atoms with Crippen molar-refractivity contribution in [3.05, 3.63) is 42.4 Å². The maximum Gasteiger partial charge on any atom is 0.319 e. The van der Waals surface area contributed by atoms with Crippen LogP contribution in [-0.2, 0) is 6.54 Å². The summed E-state index contributed by atoms with van der Waals surface area (Å²) in [5.41, 5.74) is 0.616. The molecule has 1 aliphatic heterocycles. The van der Waals surface area contributed by atoms with E-state index in [0.29, 0.717) is 17.3 Å². The van der Waals surface area contributed by atoms with Gasteiger partial charge in [0.25, 0.3) is 0 Å². The Bertz CT molecular complexity index is 716. The highest BCUT2D eigenvalue weighted by molar-refractivity contribution is 5.90. The van der Waals surface area contributed by atoms with Gasteiger partial charge in [0.1, 0.15) is 17.4 Å². The molecule has 0 unspecified atom stereocenters. The summed E-state index contributed by atoms with van der Waals surface area (Å²) in [6, 6.07) is 8.86. The van der Waals surface area contributed by atoms with E-state index in [1.54, 1.807) is 25.4 Å². The number of piperidine rings is 1. The molecule has 2 heterocycles. The van der Waals surface area contributed by atoms with E-state index in [1.807, 2.05) is 18.2 Å². The van der Waals surface area contributed by atoms with Crippen LogP contribution in [0.15, 0.2) is 36.5 Å². The number of nitrogens with zero attached hydrogens (tertiary/aromatic N) is 3. The van der Waals surface area contributed by atoms with Crippen molar-refractivity contribution in [3.8, 4) is 5.75 Å². The molecule has 1 aromatic heterocycles. The zero-order chi connectivity index (χ0) is 17.5. The van der Waals surface area contributed by atoms with Gasteiger partial charge < -0.3 is 20.3 Å². The van der Waals surface area contributed by atoms with Crippen LogP contribution in [0.2, 0.25) is 0 Å². The second-order valence-corrected chi connectivity index (χ2v) is 5.89. The Morgan fingerprint density at radius 1 is 1.20 bits per heavy atom. The van der Waals surface area contributed by atoms with Gasteiger partial charge in [0.15, 0.2) is 0 Å². The van der Waals surface area contributed by atoms with Crippen LogP contribution in [0.4, 0.5) is 16.3 Å². The van der Waals surface area contributed by atoms with Gasteiger partial charge >= 0.3 is 6.03 Å². The third-order valence-electron chi connectivity index (χ3n) is 4.13. The average molecular weight is 341 g/mol. The Hall–Kier alpha value is -2.83. The first-order chi connectivity index (χ1) is 12.3. The van der Waals surface area contributed by atoms with Gasteiger partial charge in [-0.25, -0.2) is 14.8 Å². The van der Waals surface area contributed by atoms with E-state index < -0.39 is 0 Å². The molecule has 2 N–H and O–H groups in total. The SMILES string of the molecule is COc1ccccc1NC(=O)NCc1nccc(N2CCCCC2)n1. The zero-order valence-electron chi connectivity index (χ0n) is 14.4. The van der Waals surface area contributed by atoms with Crippen molar-refractivity contribution in [2.75, 3.05) is 30.4 Å². The Kier molecular flexibility index (Phi) is 5.66. The maximum absolute atomic E-state index is 12.1. The predicted molar refractivity (Wildman–Crippen MR) is 96.9 cm³/mol. The number of carbonyl (C=O) groups is 1. The third-order valence-corrected chi connectivity index (χ3v) is 4.13. The maximum atomic E-state index is 12.1. The van der Waals surface area contributed by atoms with Gasteiger partial charge in [0, 0.05) is 19.3 Å². The molecule has 7 nitrogen and oxygen atoms in total. The average Bonchev–Trinajstić information content (AvgIpc) is 2.68. The molecule has 0 spiro atoms. The van der Waals surface area contributed by atoms with E-state index in [1.165, 1.54) is 19.3 Å². The second kappa shape index (κ2) is 8.32. The molecule has 0 aliphatic carbocycles. The lowest BCUT2D eigenvalue weighted by molar-refractivity contribution is 0.251. The van der Waals surface area contributed by atoms with Crippen LogP contribution in [0.1, 0.15) is 25.1 Å². The first kappa shape index (κ1) is 17.0. The Morgan fingerprint density at radius 2 is 2.00 bits per heavy atom. The number of rotatable bonds is 5. The molecule has 2 amide bonds. The van der Waals surface area contributed by atoms with Crippen LogP contribution in [-0.4, -0.2) is 36.2 Å². The number of hydrogen-bond donors (Lipinski definition) is 2. The largest absolute Gasteiger partial charge is 0.495 e. The number of para-hydroxylation sites is 2. The molecule has 25 heavy (non-hydrogen) atoms. The fourth-order valence-corrected chi connectivity index (χ4v) is 2.85. The van der Waals surface area contributed by atoms with Gasteiger partial charge in [-0.3, -0.25) is 0 Å². The van der Waals surface area contributed by atoms with Gasteiger partial charge in [0.2, 0.25) is 0 Å². The number of anilines is 2.